The van der Waals surface area contributed by atoms with Crippen LogP contribution in [0.1, 0.15) is 5.69 Å². The summed E-state index contributed by atoms with van der Waals surface area (Å²) in [5, 5.41) is 0. The highest BCUT2D eigenvalue weighted by Gasteiger charge is 2.12. The van der Waals surface area contributed by atoms with E-state index in [2.05, 4.69) is 38.8 Å². The average Bonchev–Trinajstić information content (AvgIpc) is 3.00. The number of fused-ring (bicyclic) bond motifs is 1. The van der Waals surface area contributed by atoms with E-state index in [9.17, 15) is 0 Å². The Morgan fingerprint density at radius 3 is 2.48 bits per heavy atom. The third-order valence-corrected chi connectivity index (χ3v) is 3.91. The Labute approximate surface area is 134 Å². The van der Waals surface area contributed by atoms with Crippen LogP contribution in [-0.2, 0) is 13.0 Å². The fourth-order valence-corrected chi connectivity index (χ4v) is 2.80. The molecule has 23 heavy (non-hydrogen) atoms. The zero-order valence-electron chi connectivity index (χ0n) is 12.6. The van der Waals surface area contributed by atoms with Crippen LogP contribution in [0.15, 0.2) is 73.2 Å². The summed E-state index contributed by atoms with van der Waals surface area (Å²) in [4.78, 5) is 13.3. The molecule has 0 saturated carbocycles. The van der Waals surface area contributed by atoms with Crippen LogP contribution in [0, 0.1) is 0 Å². The quantitative estimate of drug-likeness (QED) is 0.576. The Morgan fingerprint density at radius 1 is 0.826 bits per heavy atom. The number of nitrogens with zero attached hydrogens (tertiary/aromatic N) is 4. The van der Waals surface area contributed by atoms with Crippen LogP contribution in [0.5, 0.6) is 0 Å². The molecule has 0 radical (unpaired) electrons. The lowest BCUT2D eigenvalue weighted by Gasteiger charge is -2.09. The van der Waals surface area contributed by atoms with E-state index in [-0.39, 0.29) is 0 Å². The van der Waals surface area contributed by atoms with Crippen LogP contribution in [0.2, 0.25) is 0 Å². The summed E-state index contributed by atoms with van der Waals surface area (Å²) >= 11 is 0. The average molecular weight is 300 g/mol. The molecule has 0 unspecified atom stereocenters. The van der Waals surface area contributed by atoms with Gasteiger partial charge in [0.15, 0.2) is 0 Å². The van der Waals surface area contributed by atoms with Crippen LogP contribution in [0.25, 0.3) is 22.4 Å². The van der Waals surface area contributed by atoms with Crippen LogP contribution >= 0.6 is 0 Å². The van der Waals surface area contributed by atoms with Crippen molar-refractivity contribution in [3.8, 4) is 11.4 Å². The highest BCUT2D eigenvalue weighted by atomic mass is 15.1. The molecule has 0 aliphatic rings. The minimum absolute atomic E-state index is 0.842. The first kappa shape index (κ1) is 13.6. The van der Waals surface area contributed by atoms with Gasteiger partial charge in [0, 0.05) is 42.8 Å². The highest BCUT2D eigenvalue weighted by Crippen LogP contribution is 2.24. The zero-order valence-corrected chi connectivity index (χ0v) is 12.6. The molecule has 3 aromatic heterocycles. The minimum Gasteiger partial charge on any atom is -0.324 e. The molecule has 0 N–H and O–H groups in total. The van der Waals surface area contributed by atoms with Gasteiger partial charge in [-0.25, -0.2) is 4.98 Å². The fourth-order valence-electron chi connectivity index (χ4n) is 2.80. The van der Waals surface area contributed by atoms with Gasteiger partial charge >= 0.3 is 0 Å². The van der Waals surface area contributed by atoms with E-state index in [1.165, 1.54) is 0 Å². The van der Waals surface area contributed by atoms with Gasteiger partial charge in [-0.1, -0.05) is 18.2 Å². The Morgan fingerprint density at radius 2 is 1.65 bits per heavy atom. The van der Waals surface area contributed by atoms with Crippen molar-refractivity contribution in [1.29, 1.82) is 0 Å². The first-order valence-electron chi connectivity index (χ1n) is 7.67. The van der Waals surface area contributed by atoms with Crippen molar-refractivity contribution in [2.24, 2.45) is 0 Å². The third-order valence-electron chi connectivity index (χ3n) is 3.91. The molecule has 112 valence electrons. The molecule has 4 nitrogen and oxygen atoms in total. The van der Waals surface area contributed by atoms with Gasteiger partial charge in [-0.3, -0.25) is 9.97 Å². The molecule has 4 aromatic rings. The lowest BCUT2D eigenvalue weighted by atomic mass is 10.2. The summed E-state index contributed by atoms with van der Waals surface area (Å²) in [5.74, 6) is 0.976. The summed E-state index contributed by atoms with van der Waals surface area (Å²) in [7, 11) is 0. The summed E-state index contributed by atoms with van der Waals surface area (Å²) in [5.41, 5.74) is 4.33. The molecule has 0 fully saturated rings. The second kappa shape index (κ2) is 6.01. The van der Waals surface area contributed by atoms with Gasteiger partial charge in [0.05, 0.1) is 11.0 Å². The number of pyridine rings is 2. The monoisotopic (exact) mass is 300 g/mol. The topological polar surface area (TPSA) is 43.6 Å². The van der Waals surface area contributed by atoms with Crippen molar-refractivity contribution >= 4 is 11.0 Å². The molecule has 0 saturated heterocycles. The number of aromatic nitrogens is 4. The molecule has 0 spiro atoms. The van der Waals surface area contributed by atoms with Crippen LogP contribution in [-0.4, -0.2) is 19.5 Å². The first-order valence-corrected chi connectivity index (χ1v) is 7.67. The lowest BCUT2D eigenvalue weighted by Crippen LogP contribution is -2.04. The Balaban J connectivity index is 1.77. The SMILES string of the molecule is c1ccc(CCn2c(-c3ccncc3)nc3ccccc32)nc1. The van der Waals surface area contributed by atoms with Crippen LogP contribution in [0.4, 0.5) is 0 Å². The fraction of sp³-hybridized carbons (Fsp3) is 0.105. The van der Waals surface area contributed by atoms with Crippen molar-refractivity contribution in [2.75, 3.05) is 0 Å². The highest BCUT2D eigenvalue weighted by molar-refractivity contribution is 5.80. The lowest BCUT2D eigenvalue weighted by molar-refractivity contribution is 0.710. The smallest absolute Gasteiger partial charge is 0.141 e. The Kier molecular flexibility index (Phi) is 3.56. The van der Waals surface area contributed by atoms with E-state index in [1.807, 2.05) is 36.5 Å². The van der Waals surface area contributed by atoms with E-state index in [1.54, 1.807) is 12.4 Å². The number of rotatable bonds is 4. The number of aryl methyl sites for hydroxylation is 2. The van der Waals surface area contributed by atoms with E-state index < -0.39 is 0 Å². The molecule has 0 amide bonds. The van der Waals surface area contributed by atoms with Gasteiger partial charge in [-0.05, 0) is 36.4 Å². The van der Waals surface area contributed by atoms with Crippen LogP contribution in [0.3, 0.4) is 0 Å². The summed E-state index contributed by atoms with van der Waals surface area (Å²) in [6.07, 6.45) is 6.32. The molecule has 4 heteroatoms. The van der Waals surface area contributed by atoms with Crippen LogP contribution < -0.4 is 0 Å². The molecule has 0 atom stereocenters. The third kappa shape index (κ3) is 2.71. The van der Waals surface area contributed by atoms with Gasteiger partial charge in [0.1, 0.15) is 5.82 Å². The molecule has 0 aliphatic carbocycles. The standard InChI is InChI=1S/C19H16N4/c1-2-7-18-17(6-1)22-19(15-8-12-20-13-9-15)23(18)14-10-16-5-3-4-11-21-16/h1-9,11-13H,10,14H2. The maximum atomic E-state index is 4.81. The minimum atomic E-state index is 0.842. The summed E-state index contributed by atoms with van der Waals surface area (Å²) in [6, 6.07) is 18.3. The molecule has 1 aromatic carbocycles. The molecule has 3 heterocycles. The number of hydrogen-bond acceptors (Lipinski definition) is 3. The van der Waals surface area contributed by atoms with Gasteiger partial charge in [-0.2, -0.15) is 0 Å². The van der Waals surface area contributed by atoms with Crippen molar-refractivity contribution in [1.82, 2.24) is 19.5 Å². The van der Waals surface area contributed by atoms with Gasteiger partial charge < -0.3 is 4.57 Å². The number of imidazole rings is 1. The van der Waals surface area contributed by atoms with Crippen molar-refractivity contribution in [3.63, 3.8) is 0 Å². The molecular weight excluding hydrogens is 284 g/mol. The first-order chi connectivity index (χ1) is 11.4. The van der Waals surface area contributed by atoms with Gasteiger partial charge in [0.2, 0.25) is 0 Å². The number of benzene rings is 1. The van der Waals surface area contributed by atoms with Crippen molar-refractivity contribution in [2.45, 2.75) is 13.0 Å². The maximum absolute atomic E-state index is 4.81. The van der Waals surface area contributed by atoms with E-state index >= 15 is 0 Å². The normalized spacial score (nSPS) is 11.0. The number of para-hydroxylation sites is 2. The second-order valence-corrected chi connectivity index (χ2v) is 5.38. The van der Waals surface area contributed by atoms with Crippen molar-refractivity contribution < 1.29 is 0 Å². The van der Waals surface area contributed by atoms with Gasteiger partial charge in [0.25, 0.3) is 0 Å². The number of hydrogen-bond donors (Lipinski definition) is 0. The van der Waals surface area contributed by atoms with E-state index in [0.29, 0.717) is 0 Å². The summed E-state index contributed by atoms with van der Waals surface area (Å²) in [6.45, 7) is 0.842. The predicted molar refractivity (Wildman–Crippen MR) is 90.9 cm³/mol. The second-order valence-electron chi connectivity index (χ2n) is 5.38. The Bertz CT molecular complexity index is 914. The maximum Gasteiger partial charge on any atom is 0.141 e. The van der Waals surface area contributed by atoms with E-state index in [0.717, 1.165) is 41.1 Å². The zero-order chi connectivity index (χ0) is 15.5. The molecule has 0 aliphatic heterocycles. The largest absolute Gasteiger partial charge is 0.324 e. The molecule has 0 bridgehead atoms. The van der Waals surface area contributed by atoms with E-state index in [4.69, 9.17) is 4.98 Å². The predicted octanol–water partition coefficient (Wildman–Crippen LogP) is 3.74. The van der Waals surface area contributed by atoms with Gasteiger partial charge in [-0.15, -0.1) is 0 Å². The summed E-state index contributed by atoms with van der Waals surface area (Å²) < 4.78 is 2.26. The molecular formula is C19H16N4. The Hall–Kier alpha value is -3.01. The molecule has 4 rings (SSSR count). The van der Waals surface area contributed by atoms with Crippen molar-refractivity contribution in [3.05, 3.63) is 78.9 Å².